The van der Waals surface area contributed by atoms with Crippen molar-refractivity contribution in [3.05, 3.63) is 40.6 Å². The lowest BCUT2D eigenvalue weighted by molar-refractivity contribution is 1.19. The van der Waals surface area contributed by atoms with E-state index in [1.54, 1.807) is 23.7 Å². The minimum atomic E-state index is 0.509. The molecule has 3 heterocycles. The van der Waals surface area contributed by atoms with Crippen LogP contribution in [0, 0.1) is 0 Å². The third-order valence-corrected chi connectivity index (χ3v) is 4.13. The molecule has 0 bridgehead atoms. The Labute approximate surface area is 114 Å². The molecule has 5 heteroatoms. The molecule has 18 heavy (non-hydrogen) atoms. The molecule has 0 aromatic carbocycles. The van der Waals surface area contributed by atoms with Gasteiger partial charge in [-0.25, -0.2) is 9.97 Å². The van der Waals surface area contributed by atoms with Crippen LogP contribution in [-0.4, -0.2) is 15.0 Å². The van der Waals surface area contributed by atoms with Gasteiger partial charge in [-0.3, -0.25) is 4.98 Å². The maximum atomic E-state index is 6.22. The van der Waals surface area contributed by atoms with Crippen LogP contribution in [0.25, 0.3) is 21.6 Å². The standard InChI is InChI=1S/C13H10ClN3S/c1-2-9-6-10-11(14)16-12(17-13(10)18-9)8-4-3-5-15-7-8/h3-7H,2H2,1H3. The Hall–Kier alpha value is -1.52. The summed E-state index contributed by atoms with van der Waals surface area (Å²) in [7, 11) is 0. The fourth-order valence-electron chi connectivity index (χ4n) is 1.73. The van der Waals surface area contributed by atoms with Gasteiger partial charge in [0.1, 0.15) is 9.98 Å². The highest BCUT2D eigenvalue weighted by Gasteiger charge is 2.10. The van der Waals surface area contributed by atoms with Gasteiger partial charge in [0.05, 0.1) is 0 Å². The molecule has 0 amide bonds. The first-order valence-electron chi connectivity index (χ1n) is 5.64. The SMILES string of the molecule is CCc1cc2c(Cl)nc(-c3cccnc3)nc2s1. The first-order chi connectivity index (χ1) is 8.78. The summed E-state index contributed by atoms with van der Waals surface area (Å²) in [5.41, 5.74) is 0.882. The topological polar surface area (TPSA) is 38.7 Å². The molecule has 90 valence electrons. The second-order valence-electron chi connectivity index (χ2n) is 3.86. The van der Waals surface area contributed by atoms with E-state index in [-0.39, 0.29) is 0 Å². The monoisotopic (exact) mass is 275 g/mol. The van der Waals surface area contributed by atoms with Crippen molar-refractivity contribution in [1.29, 1.82) is 0 Å². The quantitative estimate of drug-likeness (QED) is 0.664. The fourth-order valence-corrected chi connectivity index (χ4v) is 2.98. The van der Waals surface area contributed by atoms with E-state index >= 15 is 0 Å². The van der Waals surface area contributed by atoms with Crippen LogP contribution in [0.15, 0.2) is 30.6 Å². The van der Waals surface area contributed by atoms with Crippen LogP contribution in [0.1, 0.15) is 11.8 Å². The van der Waals surface area contributed by atoms with E-state index < -0.39 is 0 Å². The molecular weight excluding hydrogens is 266 g/mol. The van der Waals surface area contributed by atoms with Gasteiger partial charge in [-0.1, -0.05) is 18.5 Å². The maximum absolute atomic E-state index is 6.22. The van der Waals surface area contributed by atoms with E-state index in [1.807, 2.05) is 12.1 Å². The number of halogens is 1. The Balaban J connectivity index is 2.21. The van der Waals surface area contributed by atoms with Crippen LogP contribution in [0.3, 0.4) is 0 Å². The van der Waals surface area contributed by atoms with E-state index in [1.165, 1.54) is 4.88 Å². The Bertz CT molecular complexity index is 694. The highest BCUT2D eigenvalue weighted by atomic mass is 35.5. The average Bonchev–Trinajstić information content (AvgIpc) is 2.83. The highest BCUT2D eigenvalue weighted by Crippen LogP contribution is 2.31. The van der Waals surface area contributed by atoms with Crippen molar-refractivity contribution >= 4 is 33.2 Å². The third kappa shape index (κ3) is 1.98. The molecule has 0 aliphatic carbocycles. The molecule has 0 saturated heterocycles. The summed E-state index contributed by atoms with van der Waals surface area (Å²) in [6.45, 7) is 2.12. The van der Waals surface area contributed by atoms with Gasteiger partial charge in [-0.05, 0) is 24.6 Å². The van der Waals surface area contributed by atoms with Gasteiger partial charge in [-0.15, -0.1) is 11.3 Å². The van der Waals surface area contributed by atoms with Crippen molar-refractivity contribution in [2.45, 2.75) is 13.3 Å². The molecule has 0 aliphatic rings. The van der Waals surface area contributed by atoms with E-state index in [4.69, 9.17) is 11.6 Å². The number of aromatic nitrogens is 3. The van der Waals surface area contributed by atoms with Crippen LogP contribution in [0.2, 0.25) is 5.15 Å². The van der Waals surface area contributed by atoms with Crippen molar-refractivity contribution in [2.24, 2.45) is 0 Å². The van der Waals surface area contributed by atoms with Gasteiger partial charge in [0.15, 0.2) is 5.82 Å². The van der Waals surface area contributed by atoms with E-state index in [0.717, 1.165) is 22.2 Å². The number of fused-ring (bicyclic) bond motifs is 1. The number of rotatable bonds is 2. The second-order valence-corrected chi connectivity index (χ2v) is 5.34. The molecule has 3 nitrogen and oxygen atoms in total. The van der Waals surface area contributed by atoms with Crippen LogP contribution in [0.5, 0.6) is 0 Å². The summed E-state index contributed by atoms with van der Waals surface area (Å²) in [5.74, 6) is 0.630. The Kier molecular flexibility index (Phi) is 2.97. The largest absolute Gasteiger partial charge is 0.264 e. The summed E-state index contributed by atoms with van der Waals surface area (Å²) >= 11 is 7.88. The molecule has 3 aromatic heterocycles. The molecule has 0 unspecified atom stereocenters. The lowest BCUT2D eigenvalue weighted by Gasteiger charge is -2.00. The first kappa shape index (κ1) is 11.6. The molecule has 3 aromatic rings. The summed E-state index contributed by atoms with van der Waals surface area (Å²) in [6.07, 6.45) is 4.45. The van der Waals surface area contributed by atoms with Gasteiger partial charge in [0.25, 0.3) is 0 Å². The lowest BCUT2D eigenvalue weighted by atomic mass is 10.2. The van der Waals surface area contributed by atoms with Gasteiger partial charge >= 0.3 is 0 Å². The van der Waals surface area contributed by atoms with Crippen molar-refractivity contribution in [1.82, 2.24) is 15.0 Å². The molecule has 0 N–H and O–H groups in total. The molecule has 0 atom stereocenters. The maximum Gasteiger partial charge on any atom is 0.164 e. The minimum absolute atomic E-state index is 0.509. The van der Waals surface area contributed by atoms with Gasteiger partial charge < -0.3 is 0 Å². The zero-order valence-electron chi connectivity index (χ0n) is 9.72. The molecular formula is C13H10ClN3S. The van der Waals surface area contributed by atoms with Crippen LogP contribution >= 0.6 is 22.9 Å². The van der Waals surface area contributed by atoms with Crippen LogP contribution in [0.4, 0.5) is 0 Å². The summed E-state index contributed by atoms with van der Waals surface area (Å²) in [5, 5.41) is 1.45. The Morgan fingerprint density at radius 3 is 2.94 bits per heavy atom. The zero-order valence-corrected chi connectivity index (χ0v) is 11.3. The van der Waals surface area contributed by atoms with E-state index in [2.05, 4.69) is 27.9 Å². The normalized spacial score (nSPS) is 11.0. The van der Waals surface area contributed by atoms with Gasteiger partial charge in [-0.2, -0.15) is 0 Å². The smallest absolute Gasteiger partial charge is 0.164 e. The van der Waals surface area contributed by atoms with Crippen molar-refractivity contribution in [3.8, 4) is 11.4 Å². The fraction of sp³-hybridized carbons (Fsp3) is 0.154. The number of hydrogen-bond donors (Lipinski definition) is 0. The number of hydrogen-bond acceptors (Lipinski definition) is 4. The van der Waals surface area contributed by atoms with Crippen LogP contribution < -0.4 is 0 Å². The Morgan fingerprint density at radius 1 is 1.33 bits per heavy atom. The number of nitrogens with zero attached hydrogens (tertiary/aromatic N) is 3. The molecule has 0 spiro atoms. The van der Waals surface area contributed by atoms with Crippen molar-refractivity contribution in [3.63, 3.8) is 0 Å². The molecule has 0 saturated carbocycles. The predicted molar refractivity (Wildman–Crippen MR) is 75.0 cm³/mol. The molecule has 3 rings (SSSR count). The molecule has 0 radical (unpaired) electrons. The molecule has 0 fully saturated rings. The van der Waals surface area contributed by atoms with Crippen molar-refractivity contribution in [2.75, 3.05) is 0 Å². The minimum Gasteiger partial charge on any atom is -0.264 e. The van der Waals surface area contributed by atoms with E-state index in [9.17, 15) is 0 Å². The number of pyridine rings is 1. The van der Waals surface area contributed by atoms with Gasteiger partial charge in [0, 0.05) is 28.2 Å². The Morgan fingerprint density at radius 2 is 2.22 bits per heavy atom. The predicted octanol–water partition coefficient (Wildman–Crippen LogP) is 3.97. The molecule has 0 aliphatic heterocycles. The highest BCUT2D eigenvalue weighted by molar-refractivity contribution is 7.18. The third-order valence-electron chi connectivity index (χ3n) is 2.67. The number of thiophene rings is 1. The van der Waals surface area contributed by atoms with Gasteiger partial charge in [0.2, 0.25) is 0 Å². The van der Waals surface area contributed by atoms with E-state index in [0.29, 0.717) is 11.0 Å². The summed E-state index contributed by atoms with van der Waals surface area (Å²) in [6, 6.07) is 5.86. The number of aryl methyl sites for hydroxylation is 1. The van der Waals surface area contributed by atoms with Crippen LogP contribution in [-0.2, 0) is 6.42 Å². The average molecular weight is 276 g/mol. The second kappa shape index (κ2) is 4.63. The van der Waals surface area contributed by atoms with Crippen molar-refractivity contribution < 1.29 is 0 Å². The zero-order chi connectivity index (χ0) is 12.5. The first-order valence-corrected chi connectivity index (χ1v) is 6.83. The summed E-state index contributed by atoms with van der Waals surface area (Å²) in [4.78, 5) is 15.2. The lowest BCUT2D eigenvalue weighted by Crippen LogP contribution is -1.89. The summed E-state index contributed by atoms with van der Waals surface area (Å²) < 4.78 is 0.